The monoisotopic (exact) mass is 493 g/mol. The highest BCUT2D eigenvalue weighted by atomic mass is 79.9. The van der Waals surface area contributed by atoms with Gasteiger partial charge in [-0.15, -0.1) is 10.2 Å². The van der Waals surface area contributed by atoms with E-state index >= 15 is 0 Å². The van der Waals surface area contributed by atoms with E-state index in [4.69, 9.17) is 0 Å². The summed E-state index contributed by atoms with van der Waals surface area (Å²) in [6.45, 7) is 4.03. The Kier molecular flexibility index (Phi) is 6.48. The number of aromatic nitrogens is 4. The molecule has 4 rings (SSSR count). The van der Waals surface area contributed by atoms with Gasteiger partial charge in [-0.05, 0) is 61.9 Å². The van der Waals surface area contributed by atoms with Crippen LogP contribution in [0.2, 0.25) is 0 Å². The summed E-state index contributed by atoms with van der Waals surface area (Å²) in [7, 11) is 0. The van der Waals surface area contributed by atoms with Crippen LogP contribution in [0.4, 0.5) is 5.69 Å². The van der Waals surface area contributed by atoms with Crippen LogP contribution in [0.1, 0.15) is 11.1 Å². The highest BCUT2D eigenvalue weighted by Crippen LogP contribution is 2.28. The lowest BCUT2D eigenvalue weighted by atomic mass is 10.2. The van der Waals surface area contributed by atoms with Crippen molar-refractivity contribution in [3.63, 3.8) is 0 Å². The number of pyridine rings is 1. The molecule has 0 fully saturated rings. The van der Waals surface area contributed by atoms with E-state index in [-0.39, 0.29) is 11.7 Å². The fraction of sp³-hybridized carbons (Fsp3) is 0.130. The molecule has 6 nitrogen and oxygen atoms in total. The normalized spacial score (nSPS) is 10.8. The molecule has 1 N–H and O–H groups in total. The number of anilines is 1. The van der Waals surface area contributed by atoms with E-state index in [0.717, 1.165) is 32.5 Å². The second kappa shape index (κ2) is 9.45. The smallest absolute Gasteiger partial charge is 0.234 e. The summed E-state index contributed by atoms with van der Waals surface area (Å²) >= 11 is 4.82. The zero-order chi connectivity index (χ0) is 21.8. The van der Waals surface area contributed by atoms with Crippen molar-refractivity contribution in [3.05, 3.63) is 82.6 Å². The third-order valence-corrected chi connectivity index (χ3v) is 6.44. The Morgan fingerprint density at radius 3 is 2.61 bits per heavy atom. The minimum Gasteiger partial charge on any atom is -0.325 e. The first-order valence-electron chi connectivity index (χ1n) is 9.63. The lowest BCUT2D eigenvalue weighted by Crippen LogP contribution is -2.14. The maximum absolute atomic E-state index is 12.5. The second-order valence-corrected chi connectivity index (χ2v) is 8.82. The Hall–Kier alpha value is -2.97. The molecule has 2 heterocycles. The van der Waals surface area contributed by atoms with Gasteiger partial charge in [-0.2, -0.15) is 0 Å². The van der Waals surface area contributed by atoms with Gasteiger partial charge in [0.25, 0.3) is 0 Å². The molecular formula is C23H20BrN5OS. The van der Waals surface area contributed by atoms with Gasteiger partial charge in [-0.1, -0.05) is 45.4 Å². The van der Waals surface area contributed by atoms with Crippen molar-refractivity contribution in [3.8, 4) is 17.1 Å². The van der Waals surface area contributed by atoms with Crippen LogP contribution in [0, 0.1) is 13.8 Å². The molecule has 0 unspecified atom stereocenters. The lowest BCUT2D eigenvalue weighted by Gasteiger charge is -2.11. The number of carbonyl (C=O) groups excluding carboxylic acids is 1. The Balaban J connectivity index is 1.57. The summed E-state index contributed by atoms with van der Waals surface area (Å²) in [5, 5.41) is 12.3. The summed E-state index contributed by atoms with van der Waals surface area (Å²) in [5.74, 6) is 0.795. The quantitative estimate of drug-likeness (QED) is 0.362. The van der Waals surface area contributed by atoms with E-state index in [0.29, 0.717) is 11.0 Å². The molecule has 0 saturated heterocycles. The van der Waals surface area contributed by atoms with Gasteiger partial charge in [0.1, 0.15) is 0 Å². The molecule has 0 bridgehead atoms. The zero-order valence-corrected chi connectivity index (χ0v) is 19.4. The summed E-state index contributed by atoms with van der Waals surface area (Å²) < 4.78 is 2.96. The fourth-order valence-electron chi connectivity index (χ4n) is 3.02. The largest absolute Gasteiger partial charge is 0.325 e. The Labute approximate surface area is 193 Å². The summed E-state index contributed by atoms with van der Waals surface area (Å²) in [4.78, 5) is 16.7. The first-order valence-corrected chi connectivity index (χ1v) is 11.4. The third kappa shape index (κ3) is 5.03. The standard InChI is InChI=1S/C23H20BrN5OS/c1-15-5-8-19(9-6-15)29-22(17-4-3-11-25-13-17)27-28-23(29)31-14-21(30)26-18-7-10-20(24)16(2)12-18/h3-13H,14H2,1-2H3,(H,26,30). The minimum atomic E-state index is -0.104. The number of thioether (sulfide) groups is 1. The summed E-state index contributed by atoms with van der Waals surface area (Å²) in [6.07, 6.45) is 3.48. The van der Waals surface area contributed by atoms with Crippen molar-refractivity contribution in [2.24, 2.45) is 0 Å². The molecule has 0 aliphatic carbocycles. The molecule has 31 heavy (non-hydrogen) atoms. The van der Waals surface area contributed by atoms with Gasteiger partial charge in [-0.3, -0.25) is 14.3 Å². The van der Waals surface area contributed by atoms with Gasteiger partial charge < -0.3 is 5.32 Å². The average Bonchev–Trinajstić information content (AvgIpc) is 3.20. The maximum Gasteiger partial charge on any atom is 0.234 e. The van der Waals surface area contributed by atoms with Crippen LogP contribution in [0.3, 0.4) is 0 Å². The van der Waals surface area contributed by atoms with Crippen molar-refractivity contribution in [1.29, 1.82) is 0 Å². The number of rotatable bonds is 6. The number of benzene rings is 2. The number of hydrogen-bond donors (Lipinski definition) is 1. The van der Waals surface area contributed by atoms with E-state index in [2.05, 4.69) is 36.4 Å². The van der Waals surface area contributed by atoms with Crippen LogP contribution in [0.15, 0.2) is 76.6 Å². The van der Waals surface area contributed by atoms with Crippen molar-refractivity contribution >= 4 is 39.3 Å². The van der Waals surface area contributed by atoms with Crippen LogP contribution >= 0.6 is 27.7 Å². The average molecular weight is 494 g/mol. The summed E-state index contributed by atoms with van der Waals surface area (Å²) in [5.41, 5.74) is 4.78. The molecule has 0 saturated carbocycles. The second-order valence-electron chi connectivity index (χ2n) is 7.02. The molecule has 0 aliphatic heterocycles. The first-order chi connectivity index (χ1) is 15.0. The molecule has 1 amide bonds. The zero-order valence-electron chi connectivity index (χ0n) is 17.0. The van der Waals surface area contributed by atoms with Crippen LogP contribution in [0.5, 0.6) is 0 Å². The van der Waals surface area contributed by atoms with Crippen LogP contribution in [-0.4, -0.2) is 31.4 Å². The number of aryl methyl sites for hydroxylation is 2. The lowest BCUT2D eigenvalue weighted by molar-refractivity contribution is -0.113. The van der Waals surface area contributed by atoms with Gasteiger partial charge in [0.05, 0.1) is 5.75 Å². The molecular weight excluding hydrogens is 474 g/mol. The Bertz CT molecular complexity index is 1210. The first kappa shape index (κ1) is 21.3. The van der Waals surface area contributed by atoms with Gasteiger partial charge in [-0.25, -0.2) is 0 Å². The number of nitrogens with zero attached hydrogens (tertiary/aromatic N) is 4. The minimum absolute atomic E-state index is 0.104. The predicted molar refractivity (Wildman–Crippen MR) is 128 cm³/mol. The number of carbonyl (C=O) groups is 1. The highest BCUT2D eigenvalue weighted by molar-refractivity contribution is 9.10. The van der Waals surface area contributed by atoms with E-state index in [1.54, 1.807) is 12.4 Å². The Morgan fingerprint density at radius 1 is 1.10 bits per heavy atom. The number of amides is 1. The molecule has 156 valence electrons. The topological polar surface area (TPSA) is 72.7 Å². The van der Waals surface area contributed by atoms with E-state index < -0.39 is 0 Å². The molecule has 4 aromatic rings. The van der Waals surface area contributed by atoms with Crippen molar-refractivity contribution in [2.45, 2.75) is 19.0 Å². The molecule has 8 heteroatoms. The highest BCUT2D eigenvalue weighted by Gasteiger charge is 2.17. The van der Waals surface area contributed by atoms with E-state index in [9.17, 15) is 4.79 Å². The predicted octanol–water partition coefficient (Wildman–Crippen LogP) is 5.44. The van der Waals surface area contributed by atoms with E-state index in [1.807, 2.05) is 73.0 Å². The molecule has 0 aliphatic rings. The molecule has 2 aromatic heterocycles. The SMILES string of the molecule is Cc1ccc(-n2c(SCC(=O)Nc3ccc(Br)c(C)c3)nnc2-c2cccnc2)cc1. The third-order valence-electron chi connectivity index (χ3n) is 4.62. The van der Waals surface area contributed by atoms with Crippen LogP contribution < -0.4 is 5.32 Å². The summed E-state index contributed by atoms with van der Waals surface area (Å²) in [6, 6.07) is 17.7. The molecule has 0 spiro atoms. The number of nitrogens with one attached hydrogen (secondary N) is 1. The van der Waals surface area contributed by atoms with Crippen molar-refractivity contribution in [2.75, 3.05) is 11.1 Å². The molecule has 2 aromatic carbocycles. The number of hydrogen-bond acceptors (Lipinski definition) is 5. The van der Waals surface area contributed by atoms with Gasteiger partial charge in [0, 0.05) is 33.8 Å². The number of halogens is 1. The molecule has 0 radical (unpaired) electrons. The van der Waals surface area contributed by atoms with Gasteiger partial charge in [0.2, 0.25) is 5.91 Å². The van der Waals surface area contributed by atoms with Crippen LogP contribution in [-0.2, 0) is 4.79 Å². The Morgan fingerprint density at radius 2 is 1.90 bits per heavy atom. The van der Waals surface area contributed by atoms with Gasteiger partial charge >= 0.3 is 0 Å². The van der Waals surface area contributed by atoms with Crippen molar-refractivity contribution < 1.29 is 4.79 Å². The fourth-order valence-corrected chi connectivity index (χ4v) is 4.02. The van der Waals surface area contributed by atoms with Crippen molar-refractivity contribution in [1.82, 2.24) is 19.7 Å². The molecule has 0 atom stereocenters. The van der Waals surface area contributed by atoms with Gasteiger partial charge in [0.15, 0.2) is 11.0 Å². The maximum atomic E-state index is 12.5. The van der Waals surface area contributed by atoms with Crippen LogP contribution in [0.25, 0.3) is 17.1 Å². The van der Waals surface area contributed by atoms with E-state index in [1.165, 1.54) is 11.8 Å².